The minimum Gasteiger partial charge on any atom is -0.358 e. The molecule has 1 unspecified atom stereocenters. The molecule has 0 bridgehead atoms. The first-order valence-corrected chi connectivity index (χ1v) is 8.64. The van der Waals surface area contributed by atoms with Crippen LogP contribution in [0.5, 0.6) is 0 Å². The number of carbonyl (C=O) groups is 2. The lowest BCUT2D eigenvalue weighted by Gasteiger charge is -2.21. The Kier molecular flexibility index (Phi) is 4.60. The van der Waals surface area contributed by atoms with Crippen LogP contribution in [0.15, 0.2) is 12.1 Å². The summed E-state index contributed by atoms with van der Waals surface area (Å²) in [4.78, 5) is 27.1. The van der Waals surface area contributed by atoms with Crippen LogP contribution in [0.1, 0.15) is 42.1 Å². The number of nitrogens with one attached hydrogen (secondary N) is 3. The predicted octanol–water partition coefficient (Wildman–Crippen LogP) is 2.49. The van der Waals surface area contributed by atoms with Crippen molar-refractivity contribution < 1.29 is 9.59 Å². The van der Waals surface area contributed by atoms with Gasteiger partial charge in [-0.2, -0.15) is 0 Å². The molecule has 2 amide bonds. The molecule has 0 aliphatic carbocycles. The quantitative estimate of drug-likeness (QED) is 0.807. The van der Waals surface area contributed by atoms with Crippen LogP contribution >= 0.6 is 0 Å². The average molecular weight is 327 g/mol. The fourth-order valence-corrected chi connectivity index (χ4v) is 3.49. The number of hydrogen-bond donors (Lipinski definition) is 3. The number of aromatic amines is 1. The maximum absolute atomic E-state index is 12.4. The number of piperidine rings is 1. The van der Waals surface area contributed by atoms with E-state index in [1.54, 1.807) is 0 Å². The van der Waals surface area contributed by atoms with Gasteiger partial charge >= 0.3 is 0 Å². The SMILES string of the molecule is CCc1[nH]c2c(CNC(=O)C3CCC(=O)NC3)cc(C)cc2c1C. The van der Waals surface area contributed by atoms with Gasteiger partial charge in [0.25, 0.3) is 0 Å². The Labute approximate surface area is 142 Å². The average Bonchev–Trinajstić information content (AvgIpc) is 2.89. The van der Waals surface area contributed by atoms with E-state index in [1.807, 2.05) is 0 Å². The molecule has 5 heteroatoms. The standard InChI is InChI=1S/C19H25N3O2/c1-4-16-12(3)15-8-11(2)7-14(18(15)22-16)10-21-19(24)13-5-6-17(23)20-9-13/h7-8,13,22H,4-6,9-10H2,1-3H3,(H,20,23)(H,21,24). The van der Waals surface area contributed by atoms with Crippen molar-refractivity contribution in [2.24, 2.45) is 5.92 Å². The van der Waals surface area contributed by atoms with Gasteiger partial charge in [-0.15, -0.1) is 0 Å². The van der Waals surface area contributed by atoms with E-state index in [-0.39, 0.29) is 17.7 Å². The van der Waals surface area contributed by atoms with E-state index in [1.165, 1.54) is 22.2 Å². The molecule has 1 atom stereocenters. The van der Waals surface area contributed by atoms with E-state index < -0.39 is 0 Å². The van der Waals surface area contributed by atoms with Gasteiger partial charge in [-0.25, -0.2) is 0 Å². The zero-order valence-corrected chi connectivity index (χ0v) is 14.6. The van der Waals surface area contributed by atoms with E-state index in [2.05, 4.69) is 48.5 Å². The number of aryl methyl sites for hydroxylation is 3. The monoisotopic (exact) mass is 327 g/mol. The van der Waals surface area contributed by atoms with Gasteiger partial charge in [0, 0.05) is 30.6 Å². The van der Waals surface area contributed by atoms with Crippen molar-refractivity contribution in [1.82, 2.24) is 15.6 Å². The van der Waals surface area contributed by atoms with Crippen molar-refractivity contribution in [2.75, 3.05) is 6.54 Å². The predicted molar refractivity (Wildman–Crippen MR) is 94.7 cm³/mol. The van der Waals surface area contributed by atoms with Gasteiger partial charge in [0.2, 0.25) is 11.8 Å². The summed E-state index contributed by atoms with van der Waals surface area (Å²) >= 11 is 0. The zero-order valence-electron chi connectivity index (χ0n) is 14.6. The first kappa shape index (κ1) is 16.6. The normalized spacial score (nSPS) is 17.8. The Morgan fingerprint density at radius 3 is 2.79 bits per heavy atom. The third-order valence-electron chi connectivity index (χ3n) is 4.94. The van der Waals surface area contributed by atoms with E-state index in [9.17, 15) is 9.59 Å². The largest absolute Gasteiger partial charge is 0.358 e. The van der Waals surface area contributed by atoms with Gasteiger partial charge in [0.05, 0.1) is 11.4 Å². The second-order valence-corrected chi connectivity index (χ2v) is 6.69. The van der Waals surface area contributed by atoms with Gasteiger partial charge in [-0.3, -0.25) is 9.59 Å². The van der Waals surface area contributed by atoms with Crippen molar-refractivity contribution in [2.45, 2.75) is 46.6 Å². The zero-order chi connectivity index (χ0) is 17.3. The molecule has 24 heavy (non-hydrogen) atoms. The van der Waals surface area contributed by atoms with Crippen molar-refractivity contribution in [1.29, 1.82) is 0 Å². The molecule has 3 N–H and O–H groups in total. The summed E-state index contributed by atoms with van der Waals surface area (Å²) in [7, 11) is 0. The van der Waals surface area contributed by atoms with E-state index in [0.29, 0.717) is 25.9 Å². The second kappa shape index (κ2) is 6.67. The topological polar surface area (TPSA) is 74.0 Å². The van der Waals surface area contributed by atoms with Gasteiger partial charge in [0.1, 0.15) is 0 Å². The fourth-order valence-electron chi connectivity index (χ4n) is 3.49. The summed E-state index contributed by atoms with van der Waals surface area (Å²) in [6, 6.07) is 4.32. The molecule has 1 saturated heterocycles. The van der Waals surface area contributed by atoms with Crippen LogP contribution < -0.4 is 10.6 Å². The van der Waals surface area contributed by atoms with E-state index >= 15 is 0 Å². The molecule has 0 radical (unpaired) electrons. The van der Waals surface area contributed by atoms with Crippen LogP contribution in [-0.2, 0) is 22.6 Å². The highest BCUT2D eigenvalue weighted by Gasteiger charge is 2.24. The number of hydrogen-bond acceptors (Lipinski definition) is 2. The molecule has 1 fully saturated rings. The van der Waals surface area contributed by atoms with Crippen LogP contribution in [0.4, 0.5) is 0 Å². The van der Waals surface area contributed by atoms with Crippen molar-refractivity contribution in [3.05, 3.63) is 34.5 Å². The summed E-state index contributed by atoms with van der Waals surface area (Å²) in [6.07, 6.45) is 2.03. The van der Waals surface area contributed by atoms with Crippen LogP contribution in [0.3, 0.4) is 0 Å². The molecule has 0 saturated carbocycles. The molecule has 1 aromatic heterocycles. The summed E-state index contributed by atoms with van der Waals surface area (Å²) in [5.74, 6) is -0.0726. The van der Waals surface area contributed by atoms with Crippen LogP contribution in [0.25, 0.3) is 10.9 Å². The lowest BCUT2D eigenvalue weighted by Crippen LogP contribution is -2.42. The molecule has 2 aromatic rings. The molecule has 1 aliphatic heterocycles. The van der Waals surface area contributed by atoms with Crippen LogP contribution in [0.2, 0.25) is 0 Å². The fraction of sp³-hybridized carbons (Fsp3) is 0.474. The molecular formula is C19H25N3O2. The number of aromatic nitrogens is 1. The molecule has 0 spiro atoms. The first-order chi connectivity index (χ1) is 11.5. The highest BCUT2D eigenvalue weighted by atomic mass is 16.2. The Morgan fingerprint density at radius 2 is 2.12 bits per heavy atom. The highest BCUT2D eigenvalue weighted by molar-refractivity contribution is 5.89. The lowest BCUT2D eigenvalue weighted by atomic mass is 9.98. The van der Waals surface area contributed by atoms with Crippen molar-refractivity contribution >= 4 is 22.7 Å². The molecule has 3 rings (SSSR count). The minimum absolute atomic E-state index is 0.0173. The van der Waals surface area contributed by atoms with Gasteiger partial charge in [0.15, 0.2) is 0 Å². The van der Waals surface area contributed by atoms with Crippen LogP contribution in [0, 0.1) is 19.8 Å². The van der Waals surface area contributed by atoms with Gasteiger partial charge < -0.3 is 15.6 Å². The number of amides is 2. The Hall–Kier alpha value is -2.30. The summed E-state index contributed by atoms with van der Waals surface area (Å²) in [5, 5.41) is 7.04. The second-order valence-electron chi connectivity index (χ2n) is 6.69. The summed E-state index contributed by atoms with van der Waals surface area (Å²) in [5.41, 5.74) is 5.96. The van der Waals surface area contributed by atoms with Crippen LogP contribution in [-0.4, -0.2) is 23.3 Å². The molecular weight excluding hydrogens is 302 g/mol. The third kappa shape index (κ3) is 3.16. The number of fused-ring (bicyclic) bond motifs is 1. The first-order valence-electron chi connectivity index (χ1n) is 8.64. The van der Waals surface area contributed by atoms with E-state index in [0.717, 1.165) is 17.5 Å². The third-order valence-corrected chi connectivity index (χ3v) is 4.94. The molecule has 128 valence electrons. The highest BCUT2D eigenvalue weighted by Crippen LogP contribution is 2.26. The number of rotatable bonds is 4. The molecule has 2 heterocycles. The lowest BCUT2D eigenvalue weighted by molar-refractivity contribution is -0.129. The molecule has 1 aliphatic rings. The number of benzene rings is 1. The minimum atomic E-state index is -0.125. The maximum Gasteiger partial charge on any atom is 0.225 e. The number of carbonyl (C=O) groups excluding carboxylic acids is 2. The van der Waals surface area contributed by atoms with Gasteiger partial charge in [-0.1, -0.05) is 18.6 Å². The smallest absolute Gasteiger partial charge is 0.225 e. The Bertz CT molecular complexity index is 781. The molecule has 5 nitrogen and oxygen atoms in total. The summed E-state index contributed by atoms with van der Waals surface area (Å²) < 4.78 is 0. The maximum atomic E-state index is 12.4. The Balaban J connectivity index is 1.77. The van der Waals surface area contributed by atoms with Crippen molar-refractivity contribution in [3.63, 3.8) is 0 Å². The Morgan fingerprint density at radius 1 is 1.33 bits per heavy atom. The van der Waals surface area contributed by atoms with Crippen molar-refractivity contribution in [3.8, 4) is 0 Å². The number of H-pyrrole nitrogens is 1. The van der Waals surface area contributed by atoms with Gasteiger partial charge in [-0.05, 0) is 43.9 Å². The summed E-state index contributed by atoms with van der Waals surface area (Å²) in [6.45, 7) is 7.31. The molecule has 1 aromatic carbocycles. The van der Waals surface area contributed by atoms with E-state index in [4.69, 9.17) is 0 Å².